The average molecular weight is 380 g/mol. The Morgan fingerprint density at radius 1 is 1.00 bits per heavy atom. The molecule has 2 unspecified atom stereocenters. The van der Waals surface area contributed by atoms with E-state index in [1.807, 2.05) is 0 Å². The van der Waals surface area contributed by atoms with Gasteiger partial charge in [-0.15, -0.1) is 0 Å². The predicted octanol–water partition coefficient (Wildman–Crippen LogP) is 5.78. The highest BCUT2D eigenvalue weighted by molar-refractivity contribution is 5.86. The van der Waals surface area contributed by atoms with Gasteiger partial charge in [-0.1, -0.05) is 43.7 Å². The number of benzene rings is 1. The lowest BCUT2D eigenvalue weighted by Crippen LogP contribution is -2.61. The highest BCUT2D eigenvalue weighted by atomic mass is 16.1. The fraction of sp³-hybridized carbons (Fsp3) is 0.731. The fourth-order valence-corrected chi connectivity index (χ4v) is 8.33. The van der Waals surface area contributed by atoms with Crippen LogP contribution < -0.4 is 5.73 Å². The van der Waals surface area contributed by atoms with Crippen molar-refractivity contribution in [2.45, 2.75) is 95.4 Å². The zero-order valence-corrected chi connectivity index (χ0v) is 17.6. The summed E-state index contributed by atoms with van der Waals surface area (Å²) in [6.07, 6.45) is 14.1. The topological polar surface area (TPSA) is 43.1 Å². The number of hydrogen-bond donors (Lipinski definition) is 1. The van der Waals surface area contributed by atoms with Gasteiger partial charge in [0, 0.05) is 17.9 Å². The van der Waals surface area contributed by atoms with Crippen molar-refractivity contribution in [1.82, 2.24) is 0 Å². The van der Waals surface area contributed by atoms with Crippen LogP contribution in [0.25, 0.3) is 0 Å². The first-order valence-electron chi connectivity index (χ1n) is 11.8. The van der Waals surface area contributed by atoms with Crippen molar-refractivity contribution in [3.8, 4) is 0 Å². The Kier molecular flexibility index (Phi) is 4.50. The third kappa shape index (κ3) is 2.98. The van der Waals surface area contributed by atoms with Gasteiger partial charge in [-0.05, 0) is 92.4 Å². The molecular formula is C26H37NO. The minimum Gasteiger partial charge on any atom is -0.328 e. The molecule has 5 saturated carbocycles. The van der Waals surface area contributed by atoms with E-state index in [0.717, 1.165) is 44.4 Å². The highest BCUT2D eigenvalue weighted by Gasteiger charge is 2.64. The number of rotatable bonds is 5. The normalized spacial score (nSPS) is 44.6. The summed E-state index contributed by atoms with van der Waals surface area (Å²) in [5, 5.41) is 0. The summed E-state index contributed by atoms with van der Waals surface area (Å²) >= 11 is 0. The van der Waals surface area contributed by atoms with Crippen LogP contribution >= 0.6 is 0 Å². The first kappa shape index (κ1) is 18.9. The van der Waals surface area contributed by atoms with E-state index >= 15 is 0 Å². The summed E-state index contributed by atoms with van der Waals surface area (Å²) in [5.41, 5.74) is 8.24. The molecule has 2 N–H and O–H groups in total. The number of hydrogen-bond acceptors (Lipinski definition) is 2. The average Bonchev–Trinajstić information content (AvgIpc) is 2.69. The highest BCUT2D eigenvalue weighted by Crippen LogP contribution is 2.71. The lowest BCUT2D eigenvalue weighted by Gasteiger charge is -2.66. The Hall–Kier alpha value is -1.15. The van der Waals surface area contributed by atoms with Gasteiger partial charge in [0.15, 0.2) is 0 Å². The zero-order chi connectivity index (χ0) is 19.4. The molecule has 4 atom stereocenters. The van der Waals surface area contributed by atoms with Gasteiger partial charge in [-0.25, -0.2) is 0 Å². The van der Waals surface area contributed by atoms with Crippen LogP contribution in [0.3, 0.4) is 0 Å². The van der Waals surface area contributed by atoms with Gasteiger partial charge < -0.3 is 5.73 Å². The van der Waals surface area contributed by atoms with Gasteiger partial charge in [0.1, 0.15) is 5.78 Å². The van der Waals surface area contributed by atoms with E-state index < -0.39 is 0 Å². The molecule has 5 aliphatic carbocycles. The molecule has 1 aromatic rings. The number of Topliss-reactive ketones (excluding diaryl/α,β-unsaturated/α-hetero) is 1. The fourth-order valence-electron chi connectivity index (χ4n) is 8.33. The minimum absolute atomic E-state index is 0.0369. The summed E-state index contributed by atoms with van der Waals surface area (Å²) in [6.45, 7) is 2.38. The first-order valence-corrected chi connectivity index (χ1v) is 11.8. The molecule has 6 rings (SSSR count). The summed E-state index contributed by atoms with van der Waals surface area (Å²) < 4.78 is 0. The Bertz CT molecular complexity index is 736. The number of carbonyl (C=O) groups excluding carboxylic acids is 1. The molecule has 2 nitrogen and oxygen atoms in total. The second kappa shape index (κ2) is 6.69. The summed E-state index contributed by atoms with van der Waals surface area (Å²) in [7, 11) is 0. The van der Waals surface area contributed by atoms with Crippen LogP contribution in [0.5, 0.6) is 0 Å². The van der Waals surface area contributed by atoms with Gasteiger partial charge in [0.2, 0.25) is 0 Å². The number of ketones is 1. The molecule has 1 aromatic carbocycles. The van der Waals surface area contributed by atoms with Crippen molar-refractivity contribution < 1.29 is 4.79 Å². The lowest BCUT2D eigenvalue weighted by atomic mass is 9.37. The van der Waals surface area contributed by atoms with E-state index in [0.29, 0.717) is 23.2 Å². The Morgan fingerprint density at radius 3 is 2.46 bits per heavy atom. The molecule has 0 aliphatic heterocycles. The van der Waals surface area contributed by atoms with E-state index in [1.165, 1.54) is 44.1 Å². The number of nitrogens with two attached hydrogens (primary N) is 1. The third-order valence-electron chi connectivity index (χ3n) is 9.28. The molecule has 152 valence electrons. The molecule has 0 heterocycles. The second-order valence-electron chi connectivity index (χ2n) is 11.2. The SMILES string of the molecule is CC[C@]12CC3CC(C(=O)CC4CCC(N)CC4)(C1)C[C@@](c1ccccc1)(C3)C2. The monoisotopic (exact) mass is 379 g/mol. The van der Waals surface area contributed by atoms with Crippen molar-refractivity contribution in [3.63, 3.8) is 0 Å². The van der Waals surface area contributed by atoms with Crippen molar-refractivity contribution >= 4 is 5.78 Å². The van der Waals surface area contributed by atoms with Crippen LogP contribution in [-0.2, 0) is 10.2 Å². The molecule has 0 spiro atoms. The van der Waals surface area contributed by atoms with Crippen LogP contribution in [0.2, 0.25) is 0 Å². The molecule has 0 radical (unpaired) electrons. The van der Waals surface area contributed by atoms with Crippen LogP contribution in [0.1, 0.15) is 89.5 Å². The van der Waals surface area contributed by atoms with Crippen molar-refractivity contribution in [3.05, 3.63) is 35.9 Å². The van der Waals surface area contributed by atoms with Crippen LogP contribution in [-0.4, -0.2) is 11.8 Å². The van der Waals surface area contributed by atoms with Gasteiger partial charge >= 0.3 is 0 Å². The van der Waals surface area contributed by atoms with E-state index in [9.17, 15) is 4.79 Å². The molecule has 0 aromatic heterocycles. The summed E-state index contributed by atoms with van der Waals surface area (Å²) in [4.78, 5) is 13.8. The molecule has 4 bridgehead atoms. The molecule has 2 heteroatoms. The number of carbonyl (C=O) groups is 1. The van der Waals surface area contributed by atoms with E-state index in [4.69, 9.17) is 5.73 Å². The molecule has 5 aliphatic rings. The Balaban J connectivity index is 1.45. The molecule has 5 fully saturated rings. The summed E-state index contributed by atoms with van der Waals surface area (Å²) in [5.74, 6) is 1.96. The van der Waals surface area contributed by atoms with E-state index in [-0.39, 0.29) is 10.8 Å². The van der Waals surface area contributed by atoms with Gasteiger partial charge in [0.25, 0.3) is 0 Å². The summed E-state index contributed by atoms with van der Waals surface area (Å²) in [6, 6.07) is 11.6. The van der Waals surface area contributed by atoms with Crippen molar-refractivity contribution in [1.29, 1.82) is 0 Å². The standard InChI is InChI=1S/C26H37NO/c1-2-24-13-20-14-25(16-24,21-6-4-3-5-7-21)18-26(15-20,17-24)23(28)12-19-8-10-22(27)11-9-19/h3-7,19-20,22H,2,8-18,27H2,1H3/t19?,20?,22?,24-,25-,26?/m1/s1. The first-order chi connectivity index (χ1) is 13.5. The molecule has 0 amide bonds. The smallest absolute Gasteiger partial charge is 0.139 e. The van der Waals surface area contributed by atoms with Gasteiger partial charge in [0.05, 0.1) is 0 Å². The van der Waals surface area contributed by atoms with Crippen LogP contribution in [0.15, 0.2) is 30.3 Å². The van der Waals surface area contributed by atoms with E-state index in [2.05, 4.69) is 37.3 Å². The predicted molar refractivity (Wildman–Crippen MR) is 114 cm³/mol. The van der Waals surface area contributed by atoms with Crippen molar-refractivity contribution in [2.24, 2.45) is 28.4 Å². The Morgan fingerprint density at radius 2 is 1.75 bits per heavy atom. The maximum Gasteiger partial charge on any atom is 0.139 e. The molecule has 28 heavy (non-hydrogen) atoms. The van der Waals surface area contributed by atoms with Crippen LogP contribution in [0.4, 0.5) is 0 Å². The van der Waals surface area contributed by atoms with Gasteiger partial charge in [-0.3, -0.25) is 4.79 Å². The lowest BCUT2D eigenvalue weighted by molar-refractivity contribution is -0.162. The maximum atomic E-state index is 13.8. The van der Waals surface area contributed by atoms with Gasteiger partial charge in [-0.2, -0.15) is 0 Å². The maximum absolute atomic E-state index is 13.8. The largest absolute Gasteiger partial charge is 0.328 e. The Labute approximate surface area is 170 Å². The quantitative estimate of drug-likeness (QED) is 0.704. The zero-order valence-electron chi connectivity index (χ0n) is 17.6. The third-order valence-corrected chi connectivity index (χ3v) is 9.28. The molecular weight excluding hydrogens is 342 g/mol. The minimum atomic E-state index is -0.0369. The van der Waals surface area contributed by atoms with Crippen LogP contribution in [0, 0.1) is 22.7 Å². The van der Waals surface area contributed by atoms with Crippen molar-refractivity contribution in [2.75, 3.05) is 0 Å². The second-order valence-corrected chi connectivity index (χ2v) is 11.2. The molecule has 0 saturated heterocycles. The van der Waals surface area contributed by atoms with E-state index in [1.54, 1.807) is 0 Å².